The average molecular weight is 476 g/mol. The van der Waals surface area contributed by atoms with Crippen LogP contribution >= 0.6 is 0 Å². The van der Waals surface area contributed by atoms with Crippen LogP contribution in [0, 0.1) is 17.2 Å². The Balaban J connectivity index is 2.26. The van der Waals surface area contributed by atoms with E-state index in [1.54, 1.807) is 0 Å². The summed E-state index contributed by atoms with van der Waals surface area (Å²) in [5, 5.41) is 8.77. The number of nitriles is 1. The van der Waals surface area contributed by atoms with Crippen LogP contribution < -0.4 is 11.2 Å². The number of nitrogens with zero attached hydrogens (tertiary/aromatic N) is 2. The van der Waals surface area contributed by atoms with Gasteiger partial charge < -0.3 is 0 Å². The summed E-state index contributed by atoms with van der Waals surface area (Å²) in [5.41, 5.74) is -1.25. The van der Waals surface area contributed by atoms with E-state index in [4.69, 9.17) is 10.00 Å². The first-order chi connectivity index (χ1) is 12.4. The molecule has 2 heterocycles. The summed E-state index contributed by atoms with van der Waals surface area (Å²) in [6.45, 7) is 1.43. The molecule has 9 nitrogen and oxygen atoms in total. The van der Waals surface area contributed by atoms with E-state index in [-0.39, 0.29) is 17.3 Å². The molecule has 0 amide bonds. The van der Waals surface area contributed by atoms with Gasteiger partial charge in [0, 0.05) is 0 Å². The molecule has 1 aromatic heterocycles. The molecule has 1 saturated heterocycles. The summed E-state index contributed by atoms with van der Waals surface area (Å²) in [4.78, 5) is 27.3. The van der Waals surface area contributed by atoms with Gasteiger partial charge in [-0.05, 0) is 0 Å². The fraction of sp³-hybridized carbons (Fsp3) is 0.615. The van der Waals surface area contributed by atoms with Crippen molar-refractivity contribution in [3.8, 4) is 4.97 Å². The monoisotopic (exact) mass is 477 g/mol. The Morgan fingerprint density at radius 1 is 1.48 bits per heavy atom. The predicted molar refractivity (Wildman–Crippen MR) is 85.5 cm³/mol. The summed E-state index contributed by atoms with van der Waals surface area (Å²) in [6.07, 6.45) is -7.36. The van der Waals surface area contributed by atoms with Crippen LogP contribution in [0.2, 0.25) is 5.32 Å². The molecule has 0 aromatic carbocycles. The van der Waals surface area contributed by atoms with E-state index in [0.29, 0.717) is 0 Å². The second kappa shape index (κ2) is 8.15. The molecule has 1 N–H and O–H groups in total. The zero-order chi connectivity index (χ0) is 20.4. The van der Waals surface area contributed by atoms with Crippen LogP contribution in [0.3, 0.4) is 0 Å². The molecule has 1 aliphatic rings. The number of ether oxygens (including phenoxy) is 1. The Morgan fingerprint density at radius 3 is 2.74 bits per heavy atom. The quantitative estimate of drug-likeness (QED) is 0.452. The number of nitrogens with one attached hydrogen (secondary N) is 1. The molecule has 0 radical (unpaired) electrons. The number of aromatic amines is 1. The minimum atomic E-state index is -4.98. The number of H-pyrrole nitrogens is 1. The second-order valence-electron chi connectivity index (χ2n) is 5.70. The van der Waals surface area contributed by atoms with Crippen LogP contribution in [0.1, 0.15) is 18.2 Å². The Hall–Kier alpha value is -1.65. The Labute approximate surface area is 157 Å². The first-order valence-electron chi connectivity index (χ1n) is 7.38. The summed E-state index contributed by atoms with van der Waals surface area (Å²) < 4.78 is 71.7. The van der Waals surface area contributed by atoms with Gasteiger partial charge >= 0.3 is 157 Å². The first-order valence-corrected chi connectivity index (χ1v) is 11.0. The molecule has 27 heavy (non-hydrogen) atoms. The Kier molecular flexibility index (Phi) is 6.54. The van der Waals surface area contributed by atoms with E-state index in [1.807, 2.05) is 4.97 Å². The van der Waals surface area contributed by atoms with Gasteiger partial charge in [-0.2, -0.15) is 0 Å². The van der Waals surface area contributed by atoms with Gasteiger partial charge in [0.15, 0.2) is 0 Å². The third-order valence-electron chi connectivity index (χ3n) is 3.56. The third kappa shape index (κ3) is 5.91. The molecule has 1 fully saturated rings. The van der Waals surface area contributed by atoms with Crippen molar-refractivity contribution >= 4 is 25.1 Å². The van der Waals surface area contributed by atoms with Crippen molar-refractivity contribution in [2.45, 2.75) is 43.3 Å². The van der Waals surface area contributed by atoms with Gasteiger partial charge in [-0.15, -0.1) is 0 Å². The van der Waals surface area contributed by atoms with E-state index in [0.717, 1.165) is 4.57 Å². The van der Waals surface area contributed by atoms with Crippen LogP contribution in [0.15, 0.2) is 15.8 Å². The molecule has 0 unspecified atom stereocenters. The van der Waals surface area contributed by atoms with Gasteiger partial charge in [0.1, 0.15) is 0 Å². The molecule has 0 saturated carbocycles. The van der Waals surface area contributed by atoms with Gasteiger partial charge in [-0.1, -0.05) is 0 Å². The van der Waals surface area contributed by atoms with E-state index < -0.39 is 66.7 Å². The van der Waals surface area contributed by atoms with Crippen molar-refractivity contribution in [1.29, 1.82) is 5.26 Å². The molecule has 1 aliphatic heterocycles. The van der Waals surface area contributed by atoms with Gasteiger partial charge in [0.05, 0.1) is 0 Å². The van der Waals surface area contributed by atoms with Crippen molar-refractivity contribution < 1.29 is 30.5 Å². The SMILES string of the molecule is Cc1cn([C@H]2C[C@H](OS(=O)(=O)CC(F)(F)F)[C@@H](C[Se]C#N)O2)c(=O)[nH]c1=O. The fourth-order valence-corrected chi connectivity index (χ4v) is 4.63. The van der Waals surface area contributed by atoms with E-state index in [1.165, 1.54) is 13.1 Å². The maximum absolute atomic E-state index is 12.4. The number of alkyl halides is 3. The number of halogens is 3. The summed E-state index contributed by atoms with van der Waals surface area (Å²) in [5.74, 6) is -2.16. The van der Waals surface area contributed by atoms with Crippen LogP contribution in [0.4, 0.5) is 13.2 Å². The van der Waals surface area contributed by atoms with Gasteiger partial charge in [-0.3, -0.25) is 0 Å². The second-order valence-corrected chi connectivity index (χ2v) is 8.98. The molecular formula is C13H14F3N3O6SSe. The number of aromatic nitrogens is 2. The van der Waals surface area contributed by atoms with Crippen molar-refractivity contribution in [2.24, 2.45) is 0 Å². The zero-order valence-corrected chi connectivity index (χ0v) is 16.3. The fourth-order valence-electron chi connectivity index (χ4n) is 2.46. The van der Waals surface area contributed by atoms with E-state index in [9.17, 15) is 31.2 Å². The molecular weight excluding hydrogens is 462 g/mol. The van der Waals surface area contributed by atoms with Gasteiger partial charge in [-0.25, -0.2) is 0 Å². The van der Waals surface area contributed by atoms with Crippen LogP contribution in [0.25, 0.3) is 0 Å². The average Bonchev–Trinajstić information content (AvgIpc) is 2.88. The summed E-state index contributed by atoms with van der Waals surface area (Å²) in [6, 6.07) is 0. The normalized spacial score (nSPS) is 23.3. The first kappa shape index (κ1) is 21.6. The number of hydrogen-bond acceptors (Lipinski definition) is 7. The third-order valence-corrected chi connectivity index (χ3v) is 6.09. The Bertz CT molecular complexity index is 952. The van der Waals surface area contributed by atoms with Crippen LogP contribution in [-0.2, 0) is 19.0 Å². The maximum atomic E-state index is 12.4. The molecule has 14 heteroatoms. The van der Waals surface area contributed by atoms with Crippen LogP contribution in [-0.4, -0.2) is 57.1 Å². The number of rotatable bonds is 6. The molecule has 3 atom stereocenters. The van der Waals surface area contributed by atoms with Crippen LogP contribution in [0.5, 0.6) is 0 Å². The molecule has 2 rings (SSSR count). The molecule has 1 aromatic rings. The van der Waals surface area contributed by atoms with Gasteiger partial charge in [0.2, 0.25) is 0 Å². The predicted octanol–water partition coefficient (Wildman–Crippen LogP) is 0.0134. The standard InChI is InChI=1S/C13H14F3N3O6SSe/c1-7-3-19(12(21)18-11(7)20)10-2-8(9(24-10)4-27-6-17)25-26(22,23)5-13(14,15)16/h3,8-10H,2,4-5H2,1H3,(H,18,20,21)/t8-,9+,10+/m0/s1. The van der Waals surface area contributed by atoms with Crippen molar-refractivity contribution in [2.75, 3.05) is 5.75 Å². The zero-order valence-electron chi connectivity index (χ0n) is 13.7. The van der Waals surface area contributed by atoms with Crippen molar-refractivity contribution in [1.82, 2.24) is 9.55 Å². The van der Waals surface area contributed by atoms with E-state index >= 15 is 0 Å². The van der Waals surface area contributed by atoms with Crippen molar-refractivity contribution in [3.05, 3.63) is 32.6 Å². The van der Waals surface area contributed by atoms with Crippen molar-refractivity contribution in [3.63, 3.8) is 0 Å². The Morgan fingerprint density at radius 2 is 2.15 bits per heavy atom. The molecule has 150 valence electrons. The number of hydrogen-bond donors (Lipinski definition) is 1. The van der Waals surface area contributed by atoms with E-state index in [2.05, 4.69) is 9.17 Å². The molecule has 0 aliphatic carbocycles. The summed E-state index contributed by atoms with van der Waals surface area (Å²) >= 11 is -0.624. The summed E-state index contributed by atoms with van der Waals surface area (Å²) in [7, 11) is -4.94. The topological polar surface area (TPSA) is 131 Å². The van der Waals surface area contributed by atoms with Gasteiger partial charge in [0.25, 0.3) is 0 Å². The minimum absolute atomic E-state index is 0.0588. The molecule has 0 bridgehead atoms. The molecule has 0 spiro atoms. The number of aryl methyl sites for hydroxylation is 1.